The highest BCUT2D eigenvalue weighted by Gasteiger charge is 2.15. The lowest BCUT2D eigenvalue weighted by Gasteiger charge is -2.17. The van der Waals surface area contributed by atoms with Gasteiger partial charge in [0, 0.05) is 9.37 Å². The van der Waals surface area contributed by atoms with E-state index in [0.717, 1.165) is 11.4 Å². The van der Waals surface area contributed by atoms with E-state index in [1.54, 1.807) is 0 Å². The molecule has 1 aromatic carbocycles. The zero-order chi connectivity index (χ0) is 8.55. The highest BCUT2D eigenvalue weighted by molar-refractivity contribution is 9.10. The Morgan fingerprint density at radius 3 is 3.00 bits per heavy atom. The molecule has 1 aliphatic heterocycles. The van der Waals surface area contributed by atoms with Crippen LogP contribution < -0.4 is 0 Å². The van der Waals surface area contributed by atoms with E-state index in [-0.39, 0.29) is 0 Å². The molecular weight excluding hydrogens is 256 g/mol. The van der Waals surface area contributed by atoms with E-state index in [1.165, 1.54) is 27.1 Å². The molecule has 0 saturated carbocycles. The Kier molecular flexibility index (Phi) is 2.68. The van der Waals surface area contributed by atoms with Crippen molar-refractivity contribution >= 4 is 39.3 Å². The van der Waals surface area contributed by atoms with E-state index >= 15 is 0 Å². The third-order valence-electron chi connectivity index (χ3n) is 1.97. The number of fused-ring (bicyclic) bond motifs is 1. The van der Waals surface area contributed by atoms with Gasteiger partial charge in [-0.2, -0.15) is 0 Å². The van der Waals surface area contributed by atoms with Crippen LogP contribution in [0.3, 0.4) is 0 Å². The highest BCUT2D eigenvalue weighted by Crippen LogP contribution is 2.39. The molecule has 0 unspecified atom stereocenters. The maximum Gasteiger partial charge on any atom is 0.0545 e. The summed E-state index contributed by atoms with van der Waals surface area (Å²) in [5.74, 6) is 1.20. The van der Waals surface area contributed by atoms with Gasteiger partial charge in [-0.15, -0.1) is 11.8 Å². The van der Waals surface area contributed by atoms with E-state index in [4.69, 9.17) is 11.6 Å². The van der Waals surface area contributed by atoms with Crippen molar-refractivity contribution < 1.29 is 0 Å². The van der Waals surface area contributed by atoms with Crippen LogP contribution in [-0.2, 0) is 6.42 Å². The lowest BCUT2D eigenvalue weighted by atomic mass is 10.1. The average Bonchev–Trinajstić information content (AvgIpc) is 2.12. The van der Waals surface area contributed by atoms with Crippen molar-refractivity contribution in [2.75, 3.05) is 5.75 Å². The fourth-order valence-corrected chi connectivity index (χ4v) is 3.47. The number of hydrogen-bond donors (Lipinski definition) is 0. The normalized spacial score (nSPS) is 15.8. The monoisotopic (exact) mass is 262 g/mol. The van der Waals surface area contributed by atoms with Crippen molar-refractivity contribution in [1.82, 2.24) is 0 Å². The molecule has 0 bridgehead atoms. The number of thioether (sulfide) groups is 1. The first-order chi connectivity index (χ1) is 5.79. The van der Waals surface area contributed by atoms with Crippen molar-refractivity contribution in [2.24, 2.45) is 0 Å². The van der Waals surface area contributed by atoms with Crippen LogP contribution in [0.2, 0.25) is 5.02 Å². The number of benzene rings is 1. The summed E-state index contributed by atoms with van der Waals surface area (Å²) in [5.41, 5.74) is 1.39. The Labute approximate surface area is 89.8 Å². The van der Waals surface area contributed by atoms with E-state index in [2.05, 4.69) is 15.9 Å². The summed E-state index contributed by atoms with van der Waals surface area (Å²) in [6, 6.07) is 4.00. The van der Waals surface area contributed by atoms with Crippen molar-refractivity contribution in [1.29, 1.82) is 0 Å². The topological polar surface area (TPSA) is 0 Å². The Balaban J connectivity index is 2.57. The molecule has 0 aliphatic carbocycles. The van der Waals surface area contributed by atoms with E-state index < -0.39 is 0 Å². The maximum atomic E-state index is 6.07. The standard InChI is InChI=1S/C9H8BrClS/c10-7-3-4-8(11)9-6(7)2-1-5-12-9/h3-4H,1-2,5H2. The van der Waals surface area contributed by atoms with Crippen molar-refractivity contribution in [2.45, 2.75) is 17.7 Å². The van der Waals surface area contributed by atoms with Crippen LogP contribution in [0.4, 0.5) is 0 Å². The Morgan fingerprint density at radius 2 is 2.25 bits per heavy atom. The van der Waals surface area contributed by atoms with Gasteiger partial charge < -0.3 is 0 Å². The summed E-state index contributed by atoms with van der Waals surface area (Å²) in [4.78, 5) is 1.28. The third kappa shape index (κ3) is 1.52. The SMILES string of the molecule is Clc1ccc(Br)c2c1SCCC2. The van der Waals surface area contributed by atoms with Gasteiger partial charge in [-0.25, -0.2) is 0 Å². The molecule has 0 radical (unpaired) electrons. The molecular formula is C9H8BrClS. The molecule has 3 heteroatoms. The van der Waals surface area contributed by atoms with Gasteiger partial charge in [-0.05, 0) is 36.3 Å². The summed E-state index contributed by atoms with van der Waals surface area (Å²) < 4.78 is 1.20. The van der Waals surface area contributed by atoms with Crippen LogP contribution in [0, 0.1) is 0 Å². The third-order valence-corrected chi connectivity index (χ3v) is 4.39. The minimum Gasteiger partial charge on any atom is -0.124 e. The second-order valence-corrected chi connectivity index (χ2v) is 5.16. The maximum absolute atomic E-state index is 6.07. The molecule has 0 spiro atoms. The fourth-order valence-electron chi connectivity index (χ4n) is 1.39. The lowest BCUT2D eigenvalue weighted by Crippen LogP contribution is -1.99. The van der Waals surface area contributed by atoms with E-state index in [0.29, 0.717) is 0 Å². The second kappa shape index (κ2) is 3.60. The number of hydrogen-bond acceptors (Lipinski definition) is 1. The number of rotatable bonds is 0. The molecule has 64 valence electrons. The van der Waals surface area contributed by atoms with E-state index in [9.17, 15) is 0 Å². The summed E-state index contributed by atoms with van der Waals surface area (Å²) in [7, 11) is 0. The number of halogens is 2. The molecule has 0 aromatic heterocycles. The van der Waals surface area contributed by atoms with Crippen LogP contribution in [0.15, 0.2) is 21.5 Å². The first kappa shape index (κ1) is 8.92. The second-order valence-electron chi connectivity index (χ2n) is 2.79. The molecule has 1 aliphatic rings. The van der Waals surface area contributed by atoms with Crippen LogP contribution in [0.5, 0.6) is 0 Å². The summed E-state index contributed by atoms with van der Waals surface area (Å²) in [5, 5.41) is 0.901. The van der Waals surface area contributed by atoms with E-state index in [1.807, 2.05) is 23.9 Å². The summed E-state index contributed by atoms with van der Waals surface area (Å²) in [6.07, 6.45) is 2.42. The first-order valence-corrected chi connectivity index (χ1v) is 6.04. The van der Waals surface area contributed by atoms with Crippen LogP contribution in [0.25, 0.3) is 0 Å². The van der Waals surface area contributed by atoms with Crippen LogP contribution >= 0.6 is 39.3 Å². The molecule has 12 heavy (non-hydrogen) atoms. The predicted molar refractivity (Wildman–Crippen MR) is 58.2 cm³/mol. The molecule has 1 heterocycles. The van der Waals surface area contributed by atoms with Crippen LogP contribution in [0.1, 0.15) is 12.0 Å². The highest BCUT2D eigenvalue weighted by atomic mass is 79.9. The average molecular weight is 264 g/mol. The first-order valence-electron chi connectivity index (χ1n) is 3.89. The van der Waals surface area contributed by atoms with Crippen molar-refractivity contribution in [3.05, 3.63) is 27.2 Å². The zero-order valence-corrected chi connectivity index (χ0v) is 9.60. The molecule has 1 aromatic rings. The quantitative estimate of drug-likeness (QED) is 0.678. The van der Waals surface area contributed by atoms with Gasteiger partial charge in [-0.3, -0.25) is 0 Å². The van der Waals surface area contributed by atoms with Gasteiger partial charge in [-0.1, -0.05) is 27.5 Å². The summed E-state index contributed by atoms with van der Waals surface area (Å²) in [6.45, 7) is 0. The smallest absolute Gasteiger partial charge is 0.0545 e. The van der Waals surface area contributed by atoms with Crippen molar-refractivity contribution in [3.8, 4) is 0 Å². The molecule has 2 rings (SSSR count). The predicted octanol–water partition coefficient (Wildman–Crippen LogP) is 4.14. The van der Waals surface area contributed by atoms with Gasteiger partial charge >= 0.3 is 0 Å². The molecule has 0 atom stereocenters. The Morgan fingerprint density at radius 1 is 1.42 bits per heavy atom. The fraction of sp³-hybridized carbons (Fsp3) is 0.333. The Hall–Kier alpha value is 0.340. The van der Waals surface area contributed by atoms with Gasteiger partial charge in [0.05, 0.1) is 5.02 Å². The minimum atomic E-state index is 0.901. The van der Waals surface area contributed by atoms with Gasteiger partial charge in [0.1, 0.15) is 0 Å². The lowest BCUT2D eigenvalue weighted by molar-refractivity contribution is 0.884. The molecule has 0 saturated heterocycles. The molecule has 0 fully saturated rings. The molecule has 0 nitrogen and oxygen atoms in total. The zero-order valence-electron chi connectivity index (χ0n) is 6.44. The summed E-state index contributed by atoms with van der Waals surface area (Å²) >= 11 is 11.5. The molecule has 0 N–H and O–H groups in total. The largest absolute Gasteiger partial charge is 0.124 e. The van der Waals surface area contributed by atoms with Crippen LogP contribution in [-0.4, -0.2) is 5.75 Å². The van der Waals surface area contributed by atoms with Gasteiger partial charge in [0.15, 0.2) is 0 Å². The van der Waals surface area contributed by atoms with Gasteiger partial charge in [0.25, 0.3) is 0 Å². The van der Waals surface area contributed by atoms with Crippen molar-refractivity contribution in [3.63, 3.8) is 0 Å². The Bertz CT molecular complexity index is 281. The minimum absolute atomic E-state index is 0.901. The van der Waals surface area contributed by atoms with Gasteiger partial charge in [0.2, 0.25) is 0 Å². The molecule has 0 amide bonds.